The summed E-state index contributed by atoms with van der Waals surface area (Å²) in [5.41, 5.74) is 7.18. The van der Waals surface area contributed by atoms with Gasteiger partial charge in [0, 0.05) is 10.3 Å². The molecule has 0 amide bonds. The van der Waals surface area contributed by atoms with Crippen LogP contribution in [-0.4, -0.2) is 21.3 Å². The minimum Gasteiger partial charge on any atom is -0.496 e. The molecule has 1 atom stereocenters. The van der Waals surface area contributed by atoms with Crippen LogP contribution >= 0.6 is 11.3 Å². The number of methoxy groups -OCH3 is 3. The molecule has 0 aliphatic carbocycles. The van der Waals surface area contributed by atoms with Crippen molar-refractivity contribution in [2.24, 2.45) is 5.73 Å². The zero-order chi connectivity index (χ0) is 13.8. The van der Waals surface area contributed by atoms with Crippen molar-refractivity contribution in [3.8, 4) is 17.2 Å². The molecule has 0 aliphatic rings. The van der Waals surface area contributed by atoms with Gasteiger partial charge in [0.05, 0.1) is 32.9 Å². The van der Waals surface area contributed by atoms with Gasteiger partial charge in [-0.2, -0.15) is 0 Å². The maximum Gasteiger partial charge on any atom is 0.129 e. The Labute approximate surface area is 116 Å². The molecule has 0 saturated heterocycles. The lowest BCUT2D eigenvalue weighted by atomic mass is 10.0. The van der Waals surface area contributed by atoms with Crippen LogP contribution in [0.25, 0.3) is 0 Å². The Kier molecular flexibility index (Phi) is 4.29. The normalized spacial score (nSPS) is 12.0. The molecule has 1 aromatic carbocycles. The molecule has 0 aliphatic heterocycles. The first-order valence-corrected chi connectivity index (χ1v) is 6.68. The zero-order valence-corrected chi connectivity index (χ0v) is 12.0. The van der Waals surface area contributed by atoms with E-state index in [1.807, 2.05) is 29.6 Å². The van der Waals surface area contributed by atoms with E-state index in [1.165, 1.54) is 0 Å². The largest absolute Gasteiger partial charge is 0.496 e. The van der Waals surface area contributed by atoms with E-state index in [0.29, 0.717) is 0 Å². The average molecular weight is 279 g/mol. The third-order valence-electron chi connectivity index (χ3n) is 2.91. The van der Waals surface area contributed by atoms with Crippen molar-refractivity contribution in [2.75, 3.05) is 21.3 Å². The molecule has 0 radical (unpaired) electrons. The summed E-state index contributed by atoms with van der Waals surface area (Å²) in [5.74, 6) is 2.25. The predicted octanol–water partition coefficient (Wildman–Crippen LogP) is 2.82. The van der Waals surface area contributed by atoms with Crippen LogP contribution in [0.2, 0.25) is 0 Å². The third kappa shape index (κ3) is 2.67. The molecule has 2 rings (SSSR count). The SMILES string of the molecule is COc1csc(C(N)c2c(OC)cccc2OC)c1. The Hall–Kier alpha value is -1.72. The lowest BCUT2D eigenvalue weighted by molar-refractivity contribution is 0.382. The Balaban J connectivity index is 2.44. The fourth-order valence-electron chi connectivity index (χ4n) is 1.93. The van der Waals surface area contributed by atoms with Crippen LogP contribution < -0.4 is 19.9 Å². The molecule has 2 aromatic rings. The van der Waals surface area contributed by atoms with Crippen LogP contribution in [0.4, 0.5) is 0 Å². The number of hydrogen-bond donors (Lipinski definition) is 1. The second-order valence-corrected chi connectivity index (χ2v) is 4.89. The Morgan fingerprint density at radius 2 is 1.68 bits per heavy atom. The molecule has 1 heterocycles. The van der Waals surface area contributed by atoms with Crippen LogP contribution in [0.3, 0.4) is 0 Å². The summed E-state index contributed by atoms with van der Waals surface area (Å²) in [7, 11) is 4.89. The maximum absolute atomic E-state index is 6.33. The third-order valence-corrected chi connectivity index (χ3v) is 3.91. The van der Waals surface area contributed by atoms with Gasteiger partial charge in [0.25, 0.3) is 0 Å². The molecule has 1 unspecified atom stereocenters. The van der Waals surface area contributed by atoms with Gasteiger partial charge in [0.1, 0.15) is 17.2 Å². The summed E-state index contributed by atoms with van der Waals surface area (Å²) in [6.07, 6.45) is 0. The predicted molar refractivity (Wildman–Crippen MR) is 76.4 cm³/mol. The summed E-state index contributed by atoms with van der Waals surface area (Å²) >= 11 is 1.55. The number of benzene rings is 1. The fourth-order valence-corrected chi connectivity index (χ4v) is 2.80. The number of hydrogen-bond acceptors (Lipinski definition) is 5. The van der Waals surface area contributed by atoms with Crippen molar-refractivity contribution in [1.29, 1.82) is 0 Å². The van der Waals surface area contributed by atoms with Crippen LogP contribution in [-0.2, 0) is 0 Å². The van der Waals surface area contributed by atoms with E-state index in [0.717, 1.165) is 27.7 Å². The Bertz CT molecular complexity index is 531. The van der Waals surface area contributed by atoms with Gasteiger partial charge < -0.3 is 19.9 Å². The summed E-state index contributed by atoms with van der Waals surface area (Å²) in [6, 6.07) is 7.26. The molecular weight excluding hydrogens is 262 g/mol. The summed E-state index contributed by atoms with van der Waals surface area (Å²) < 4.78 is 15.9. The topological polar surface area (TPSA) is 53.7 Å². The van der Waals surface area contributed by atoms with Crippen molar-refractivity contribution < 1.29 is 14.2 Å². The van der Waals surface area contributed by atoms with Crippen LogP contribution in [0.5, 0.6) is 17.2 Å². The van der Waals surface area contributed by atoms with E-state index in [4.69, 9.17) is 19.9 Å². The summed E-state index contributed by atoms with van der Waals surface area (Å²) in [5, 5.41) is 1.93. The van der Waals surface area contributed by atoms with Gasteiger partial charge in [0.15, 0.2) is 0 Å². The molecule has 0 spiro atoms. The number of nitrogens with two attached hydrogens (primary N) is 1. The molecule has 0 bridgehead atoms. The van der Waals surface area contributed by atoms with Gasteiger partial charge in [0.2, 0.25) is 0 Å². The van der Waals surface area contributed by atoms with Crippen molar-refractivity contribution in [3.63, 3.8) is 0 Å². The highest BCUT2D eigenvalue weighted by Gasteiger charge is 2.20. The number of ether oxygens (including phenoxy) is 3. The zero-order valence-electron chi connectivity index (χ0n) is 11.2. The monoisotopic (exact) mass is 279 g/mol. The number of thiophene rings is 1. The highest BCUT2D eigenvalue weighted by Crippen LogP contribution is 2.38. The van der Waals surface area contributed by atoms with Gasteiger partial charge in [-0.15, -0.1) is 11.3 Å². The molecule has 0 fully saturated rings. The molecule has 19 heavy (non-hydrogen) atoms. The molecule has 1 aromatic heterocycles. The van der Waals surface area contributed by atoms with E-state index in [9.17, 15) is 0 Å². The van der Waals surface area contributed by atoms with Crippen molar-refractivity contribution >= 4 is 11.3 Å². The smallest absolute Gasteiger partial charge is 0.129 e. The summed E-state index contributed by atoms with van der Waals surface area (Å²) in [6.45, 7) is 0. The van der Waals surface area contributed by atoms with E-state index >= 15 is 0 Å². The van der Waals surface area contributed by atoms with Crippen LogP contribution in [0.15, 0.2) is 29.6 Å². The van der Waals surface area contributed by atoms with Gasteiger partial charge in [-0.05, 0) is 18.2 Å². The molecule has 0 saturated carbocycles. The van der Waals surface area contributed by atoms with Gasteiger partial charge in [-0.1, -0.05) is 6.07 Å². The standard InChI is InChI=1S/C14H17NO3S/c1-16-9-7-12(19-8-9)14(15)13-10(17-2)5-4-6-11(13)18-3/h4-8,14H,15H2,1-3H3. The van der Waals surface area contributed by atoms with Gasteiger partial charge >= 0.3 is 0 Å². The van der Waals surface area contributed by atoms with Crippen molar-refractivity contribution in [1.82, 2.24) is 0 Å². The number of rotatable bonds is 5. The average Bonchev–Trinajstić information content (AvgIpc) is 2.94. The van der Waals surface area contributed by atoms with Crippen molar-refractivity contribution in [3.05, 3.63) is 40.1 Å². The van der Waals surface area contributed by atoms with Crippen molar-refractivity contribution in [2.45, 2.75) is 6.04 Å². The lowest BCUT2D eigenvalue weighted by Crippen LogP contribution is -2.13. The van der Waals surface area contributed by atoms with E-state index in [2.05, 4.69) is 0 Å². The first kappa shape index (κ1) is 13.7. The molecule has 102 valence electrons. The highest BCUT2D eigenvalue weighted by molar-refractivity contribution is 7.10. The minimum atomic E-state index is -0.306. The quantitative estimate of drug-likeness (QED) is 0.914. The summed E-state index contributed by atoms with van der Waals surface area (Å²) in [4.78, 5) is 1.000. The molecule has 2 N–H and O–H groups in total. The van der Waals surface area contributed by atoms with E-state index in [1.54, 1.807) is 32.7 Å². The molecular formula is C14H17NO3S. The first-order valence-electron chi connectivity index (χ1n) is 5.80. The second-order valence-electron chi connectivity index (χ2n) is 3.94. The molecule has 5 heteroatoms. The lowest BCUT2D eigenvalue weighted by Gasteiger charge is -2.17. The first-order chi connectivity index (χ1) is 9.21. The van der Waals surface area contributed by atoms with Gasteiger partial charge in [-0.25, -0.2) is 0 Å². The van der Waals surface area contributed by atoms with E-state index < -0.39 is 0 Å². The highest BCUT2D eigenvalue weighted by atomic mass is 32.1. The minimum absolute atomic E-state index is 0.306. The van der Waals surface area contributed by atoms with E-state index in [-0.39, 0.29) is 6.04 Å². The maximum atomic E-state index is 6.33. The molecule has 4 nitrogen and oxygen atoms in total. The Morgan fingerprint density at radius 1 is 1.05 bits per heavy atom. The second kappa shape index (κ2) is 5.95. The fraction of sp³-hybridized carbons (Fsp3) is 0.286. The van der Waals surface area contributed by atoms with Crippen LogP contribution in [0.1, 0.15) is 16.5 Å². The Morgan fingerprint density at radius 3 is 2.16 bits per heavy atom. The van der Waals surface area contributed by atoms with Gasteiger partial charge in [-0.3, -0.25) is 0 Å². The van der Waals surface area contributed by atoms with Crippen LogP contribution in [0, 0.1) is 0 Å².